The predicted octanol–water partition coefficient (Wildman–Crippen LogP) is 3.09. The first-order valence-electron chi connectivity index (χ1n) is 5.07. The van der Waals surface area contributed by atoms with Gasteiger partial charge in [-0.25, -0.2) is 0 Å². The average molecular weight is 192 g/mol. The summed E-state index contributed by atoms with van der Waals surface area (Å²) in [5, 5.41) is 9.23. The van der Waals surface area contributed by atoms with Gasteiger partial charge in [-0.05, 0) is 41.5 Å². The van der Waals surface area contributed by atoms with Gasteiger partial charge in [0.05, 0.1) is 6.61 Å². The lowest BCUT2D eigenvalue weighted by Crippen LogP contribution is -2.12. The zero-order chi connectivity index (χ0) is 10.9. The summed E-state index contributed by atoms with van der Waals surface area (Å²) in [6.45, 7) is 10.9. The molecular weight excluding hydrogens is 172 g/mol. The maximum absolute atomic E-state index is 9.23. The lowest BCUT2D eigenvalue weighted by atomic mass is 9.84. The van der Waals surface area contributed by atoms with E-state index in [1.54, 1.807) is 0 Å². The minimum absolute atomic E-state index is 0.136. The van der Waals surface area contributed by atoms with E-state index in [0.29, 0.717) is 0 Å². The monoisotopic (exact) mass is 192 g/mol. The van der Waals surface area contributed by atoms with E-state index in [4.69, 9.17) is 0 Å². The number of aryl methyl sites for hydroxylation is 1. The van der Waals surface area contributed by atoms with Gasteiger partial charge in [0.1, 0.15) is 0 Å². The van der Waals surface area contributed by atoms with Gasteiger partial charge in [0.2, 0.25) is 0 Å². The highest BCUT2D eigenvalue weighted by Crippen LogP contribution is 2.26. The number of hydrogen-bond acceptors (Lipinski definition) is 1. The van der Waals surface area contributed by atoms with Gasteiger partial charge < -0.3 is 5.11 Å². The van der Waals surface area contributed by atoms with Crippen molar-refractivity contribution in [2.24, 2.45) is 0 Å². The Balaban J connectivity index is 3.30. The van der Waals surface area contributed by atoms with Crippen LogP contribution in [0.4, 0.5) is 0 Å². The van der Waals surface area contributed by atoms with Gasteiger partial charge in [0, 0.05) is 0 Å². The fourth-order valence-corrected chi connectivity index (χ4v) is 1.53. The highest BCUT2D eigenvalue weighted by Gasteiger charge is 2.15. The molecule has 0 heterocycles. The second-order valence-corrected chi connectivity index (χ2v) is 4.99. The number of benzene rings is 1. The van der Waals surface area contributed by atoms with Crippen molar-refractivity contribution in [2.45, 2.75) is 46.6 Å². The van der Waals surface area contributed by atoms with E-state index >= 15 is 0 Å². The Labute approximate surface area is 86.8 Å². The van der Waals surface area contributed by atoms with E-state index in [1.165, 1.54) is 16.7 Å². The first-order valence-corrected chi connectivity index (χ1v) is 5.07. The summed E-state index contributed by atoms with van der Waals surface area (Å²) in [5.74, 6) is 0. The second kappa shape index (κ2) is 3.74. The van der Waals surface area contributed by atoms with Gasteiger partial charge in [-0.1, -0.05) is 32.9 Å². The van der Waals surface area contributed by atoms with Crippen molar-refractivity contribution >= 4 is 0 Å². The number of hydrogen-bond donors (Lipinski definition) is 1. The third-order valence-corrected chi connectivity index (χ3v) is 2.81. The van der Waals surface area contributed by atoms with Crippen molar-refractivity contribution in [3.8, 4) is 0 Å². The van der Waals surface area contributed by atoms with E-state index in [9.17, 15) is 5.11 Å². The molecule has 1 N–H and O–H groups in total. The first kappa shape index (κ1) is 11.3. The Bertz CT molecular complexity index is 332. The van der Waals surface area contributed by atoms with Gasteiger partial charge in [0.15, 0.2) is 0 Å². The Morgan fingerprint density at radius 1 is 1.14 bits per heavy atom. The van der Waals surface area contributed by atoms with E-state index in [0.717, 1.165) is 5.56 Å². The minimum Gasteiger partial charge on any atom is -0.392 e. The summed E-state index contributed by atoms with van der Waals surface area (Å²) in [5.41, 5.74) is 4.98. The van der Waals surface area contributed by atoms with Crippen LogP contribution < -0.4 is 0 Å². The Morgan fingerprint density at radius 3 is 2.14 bits per heavy atom. The molecule has 0 fully saturated rings. The lowest BCUT2D eigenvalue weighted by molar-refractivity contribution is 0.280. The third kappa shape index (κ3) is 2.16. The van der Waals surface area contributed by atoms with Crippen LogP contribution in [0.15, 0.2) is 12.1 Å². The molecule has 0 aromatic heterocycles. The quantitative estimate of drug-likeness (QED) is 0.725. The topological polar surface area (TPSA) is 20.2 Å². The number of aliphatic hydroxyl groups is 1. The second-order valence-electron chi connectivity index (χ2n) is 4.99. The molecule has 14 heavy (non-hydrogen) atoms. The van der Waals surface area contributed by atoms with Crippen LogP contribution in [0.1, 0.15) is 43.0 Å². The molecule has 1 aromatic rings. The largest absolute Gasteiger partial charge is 0.392 e. The standard InChI is InChI=1S/C13H20O/c1-9-6-12(13(3,4)5)7-11(8-14)10(9)2/h6-7,14H,8H2,1-5H3. The summed E-state index contributed by atoms with van der Waals surface area (Å²) < 4.78 is 0. The number of aliphatic hydroxyl groups excluding tert-OH is 1. The van der Waals surface area contributed by atoms with E-state index in [2.05, 4.69) is 46.8 Å². The molecule has 1 heteroatoms. The number of rotatable bonds is 1. The molecule has 0 spiro atoms. The molecule has 0 bridgehead atoms. The minimum atomic E-state index is 0.136. The normalized spacial score (nSPS) is 11.9. The van der Waals surface area contributed by atoms with Gasteiger partial charge in [-0.2, -0.15) is 0 Å². The first-order chi connectivity index (χ1) is 6.36. The molecule has 0 saturated carbocycles. The molecule has 0 radical (unpaired) electrons. The van der Waals surface area contributed by atoms with Crippen molar-refractivity contribution in [1.29, 1.82) is 0 Å². The summed E-state index contributed by atoms with van der Waals surface area (Å²) in [6, 6.07) is 4.33. The van der Waals surface area contributed by atoms with Crippen molar-refractivity contribution in [1.82, 2.24) is 0 Å². The molecule has 1 rings (SSSR count). The van der Waals surface area contributed by atoms with Crippen molar-refractivity contribution < 1.29 is 5.11 Å². The molecule has 0 atom stereocenters. The molecule has 1 nitrogen and oxygen atoms in total. The smallest absolute Gasteiger partial charge is 0.0684 e. The van der Waals surface area contributed by atoms with Crippen molar-refractivity contribution in [3.05, 3.63) is 34.4 Å². The summed E-state index contributed by atoms with van der Waals surface area (Å²) in [4.78, 5) is 0. The fraction of sp³-hybridized carbons (Fsp3) is 0.538. The van der Waals surface area contributed by atoms with E-state index in [-0.39, 0.29) is 12.0 Å². The highest BCUT2D eigenvalue weighted by atomic mass is 16.3. The Morgan fingerprint density at radius 2 is 1.71 bits per heavy atom. The summed E-state index contributed by atoms with van der Waals surface area (Å²) in [6.07, 6.45) is 0. The molecule has 0 saturated heterocycles. The third-order valence-electron chi connectivity index (χ3n) is 2.81. The van der Waals surface area contributed by atoms with Crippen LogP contribution in [0, 0.1) is 13.8 Å². The van der Waals surface area contributed by atoms with Crippen molar-refractivity contribution in [2.75, 3.05) is 0 Å². The van der Waals surface area contributed by atoms with Crippen LogP contribution >= 0.6 is 0 Å². The maximum atomic E-state index is 9.23. The van der Waals surface area contributed by atoms with E-state index in [1.807, 2.05) is 0 Å². The van der Waals surface area contributed by atoms with Crippen molar-refractivity contribution in [3.63, 3.8) is 0 Å². The van der Waals surface area contributed by atoms with Gasteiger partial charge in [-0.15, -0.1) is 0 Å². The molecule has 0 unspecified atom stereocenters. The van der Waals surface area contributed by atoms with Crippen LogP contribution in [0.25, 0.3) is 0 Å². The van der Waals surface area contributed by atoms with Crippen LogP contribution in [0.3, 0.4) is 0 Å². The van der Waals surface area contributed by atoms with Crippen LogP contribution in [-0.4, -0.2) is 5.11 Å². The zero-order valence-corrected chi connectivity index (χ0v) is 9.81. The molecule has 0 amide bonds. The SMILES string of the molecule is Cc1cc(C(C)(C)C)cc(CO)c1C. The Kier molecular flexibility index (Phi) is 3.01. The van der Waals surface area contributed by atoms with Crippen LogP contribution in [0.5, 0.6) is 0 Å². The molecule has 1 aromatic carbocycles. The fourth-order valence-electron chi connectivity index (χ4n) is 1.53. The molecule has 0 aliphatic carbocycles. The summed E-state index contributed by atoms with van der Waals surface area (Å²) in [7, 11) is 0. The van der Waals surface area contributed by atoms with Crippen LogP contribution in [0.2, 0.25) is 0 Å². The lowest BCUT2D eigenvalue weighted by Gasteiger charge is -2.21. The molecule has 0 aliphatic heterocycles. The molecule has 0 aliphatic rings. The van der Waals surface area contributed by atoms with Gasteiger partial charge in [-0.3, -0.25) is 0 Å². The van der Waals surface area contributed by atoms with E-state index < -0.39 is 0 Å². The average Bonchev–Trinajstić information content (AvgIpc) is 2.07. The van der Waals surface area contributed by atoms with Gasteiger partial charge in [0.25, 0.3) is 0 Å². The summed E-state index contributed by atoms with van der Waals surface area (Å²) >= 11 is 0. The maximum Gasteiger partial charge on any atom is 0.0684 e. The van der Waals surface area contributed by atoms with Gasteiger partial charge >= 0.3 is 0 Å². The Hall–Kier alpha value is -0.820. The zero-order valence-electron chi connectivity index (χ0n) is 9.81. The molecular formula is C13H20O. The molecule has 78 valence electrons. The predicted molar refractivity (Wildman–Crippen MR) is 60.5 cm³/mol. The van der Waals surface area contributed by atoms with Crippen LogP contribution in [-0.2, 0) is 12.0 Å². The highest BCUT2D eigenvalue weighted by molar-refractivity contribution is 5.39.